The van der Waals surface area contributed by atoms with Gasteiger partial charge in [0.15, 0.2) is 0 Å². The summed E-state index contributed by atoms with van der Waals surface area (Å²) < 4.78 is 5.26. The number of thiophene rings is 1. The van der Waals surface area contributed by atoms with Crippen molar-refractivity contribution in [2.24, 2.45) is 0 Å². The number of anilines is 1. The Hall–Kier alpha value is -2.63. The molecule has 0 aliphatic carbocycles. The van der Waals surface area contributed by atoms with Crippen molar-refractivity contribution in [3.8, 4) is 5.75 Å². The Morgan fingerprint density at radius 1 is 1.12 bits per heavy atom. The van der Waals surface area contributed by atoms with E-state index in [1.54, 1.807) is 31.2 Å². The van der Waals surface area contributed by atoms with E-state index in [-0.39, 0.29) is 5.91 Å². The molecule has 0 spiro atoms. The van der Waals surface area contributed by atoms with Gasteiger partial charge in [-0.3, -0.25) is 4.79 Å². The van der Waals surface area contributed by atoms with Crippen molar-refractivity contribution in [1.29, 1.82) is 0 Å². The Labute approximate surface area is 159 Å². The standard InChI is InChI=1S/C20H15ClN2O2S/c1-23(15-5-3-4-14(21)10-15)20(24)18-9-13-8-12-6-7-16(25-2)11-17(12)22-19(13)26-18/h3-11H,1-2H3. The van der Waals surface area contributed by atoms with E-state index in [4.69, 9.17) is 16.3 Å². The number of methoxy groups -OCH3 is 1. The van der Waals surface area contributed by atoms with Crippen LogP contribution in [-0.2, 0) is 0 Å². The van der Waals surface area contributed by atoms with Gasteiger partial charge in [0.05, 0.1) is 17.5 Å². The molecular weight excluding hydrogens is 368 g/mol. The molecule has 4 nitrogen and oxygen atoms in total. The molecular formula is C20H15ClN2O2S. The number of benzene rings is 2. The lowest BCUT2D eigenvalue weighted by molar-refractivity contribution is 0.0997. The maximum atomic E-state index is 12.9. The monoisotopic (exact) mass is 382 g/mol. The van der Waals surface area contributed by atoms with Crippen LogP contribution in [0, 0.1) is 0 Å². The molecule has 130 valence electrons. The zero-order valence-corrected chi connectivity index (χ0v) is 15.8. The van der Waals surface area contributed by atoms with Crippen LogP contribution in [0.1, 0.15) is 9.67 Å². The van der Waals surface area contributed by atoms with Crippen LogP contribution in [0.25, 0.3) is 21.1 Å². The minimum Gasteiger partial charge on any atom is -0.497 e. The number of rotatable bonds is 3. The molecule has 26 heavy (non-hydrogen) atoms. The fourth-order valence-corrected chi connectivity index (χ4v) is 3.99. The van der Waals surface area contributed by atoms with E-state index in [9.17, 15) is 4.79 Å². The van der Waals surface area contributed by atoms with Crippen molar-refractivity contribution in [3.63, 3.8) is 0 Å². The summed E-state index contributed by atoms with van der Waals surface area (Å²) >= 11 is 7.42. The van der Waals surface area contributed by atoms with Crippen LogP contribution in [0.15, 0.2) is 54.6 Å². The van der Waals surface area contributed by atoms with Crippen molar-refractivity contribution >= 4 is 55.7 Å². The number of carbonyl (C=O) groups is 1. The molecule has 1 amide bonds. The highest BCUT2D eigenvalue weighted by atomic mass is 35.5. The third-order valence-electron chi connectivity index (χ3n) is 4.22. The first-order valence-electron chi connectivity index (χ1n) is 7.97. The summed E-state index contributed by atoms with van der Waals surface area (Å²) in [6.45, 7) is 0. The highest BCUT2D eigenvalue weighted by Crippen LogP contribution is 2.30. The van der Waals surface area contributed by atoms with Gasteiger partial charge in [0.2, 0.25) is 0 Å². The van der Waals surface area contributed by atoms with E-state index in [1.807, 2.05) is 42.5 Å². The van der Waals surface area contributed by atoms with Crippen LogP contribution in [0.5, 0.6) is 5.75 Å². The Morgan fingerprint density at radius 2 is 1.96 bits per heavy atom. The number of amides is 1. The smallest absolute Gasteiger partial charge is 0.268 e. The van der Waals surface area contributed by atoms with E-state index >= 15 is 0 Å². The van der Waals surface area contributed by atoms with Crippen molar-refractivity contribution in [2.75, 3.05) is 19.1 Å². The molecule has 0 saturated heterocycles. The summed E-state index contributed by atoms with van der Waals surface area (Å²) in [5.74, 6) is 0.676. The Kier molecular flexibility index (Phi) is 4.26. The van der Waals surface area contributed by atoms with E-state index in [2.05, 4.69) is 4.98 Å². The minimum atomic E-state index is -0.0862. The molecule has 6 heteroatoms. The first kappa shape index (κ1) is 16.8. The van der Waals surface area contributed by atoms with Gasteiger partial charge in [0.1, 0.15) is 10.6 Å². The van der Waals surface area contributed by atoms with Gasteiger partial charge in [-0.1, -0.05) is 17.7 Å². The second-order valence-electron chi connectivity index (χ2n) is 5.90. The molecule has 0 N–H and O–H groups in total. The van der Waals surface area contributed by atoms with Gasteiger partial charge in [0, 0.05) is 34.6 Å². The van der Waals surface area contributed by atoms with Gasteiger partial charge in [-0.15, -0.1) is 11.3 Å². The van der Waals surface area contributed by atoms with Gasteiger partial charge < -0.3 is 9.64 Å². The number of aromatic nitrogens is 1. The van der Waals surface area contributed by atoms with Crippen molar-refractivity contribution in [2.45, 2.75) is 0 Å². The van der Waals surface area contributed by atoms with Gasteiger partial charge in [-0.2, -0.15) is 0 Å². The third-order valence-corrected chi connectivity index (χ3v) is 5.49. The maximum Gasteiger partial charge on any atom is 0.268 e. The average molecular weight is 383 g/mol. The lowest BCUT2D eigenvalue weighted by Crippen LogP contribution is -2.25. The minimum absolute atomic E-state index is 0.0862. The van der Waals surface area contributed by atoms with Crippen LogP contribution in [0.4, 0.5) is 5.69 Å². The third kappa shape index (κ3) is 3.00. The molecule has 4 rings (SSSR count). The van der Waals surface area contributed by atoms with Crippen molar-refractivity contribution in [1.82, 2.24) is 4.98 Å². The predicted molar refractivity (Wildman–Crippen MR) is 108 cm³/mol. The highest BCUT2D eigenvalue weighted by molar-refractivity contribution is 7.20. The maximum absolute atomic E-state index is 12.9. The molecule has 0 saturated carbocycles. The van der Waals surface area contributed by atoms with Crippen LogP contribution in [0.2, 0.25) is 5.02 Å². The lowest BCUT2D eigenvalue weighted by atomic mass is 10.2. The molecule has 0 aliphatic rings. The summed E-state index contributed by atoms with van der Waals surface area (Å²) in [6, 6.07) is 16.9. The Bertz CT molecular complexity index is 1140. The fourth-order valence-electron chi connectivity index (χ4n) is 2.81. The predicted octanol–water partition coefficient (Wildman–Crippen LogP) is 5.39. The van der Waals surface area contributed by atoms with Crippen LogP contribution in [0.3, 0.4) is 0 Å². The summed E-state index contributed by atoms with van der Waals surface area (Å²) in [6.07, 6.45) is 0. The molecule has 2 aromatic heterocycles. The number of halogens is 1. The van der Waals surface area contributed by atoms with Gasteiger partial charge in [-0.25, -0.2) is 4.98 Å². The molecule has 0 fully saturated rings. The first-order valence-corrected chi connectivity index (χ1v) is 9.16. The van der Waals surface area contributed by atoms with E-state index in [0.29, 0.717) is 9.90 Å². The zero-order valence-electron chi connectivity index (χ0n) is 14.2. The average Bonchev–Trinajstić information content (AvgIpc) is 3.07. The van der Waals surface area contributed by atoms with Crippen molar-refractivity contribution in [3.05, 3.63) is 64.5 Å². The lowest BCUT2D eigenvalue weighted by Gasteiger charge is -2.16. The highest BCUT2D eigenvalue weighted by Gasteiger charge is 2.17. The van der Waals surface area contributed by atoms with Crippen LogP contribution >= 0.6 is 22.9 Å². The number of carbonyl (C=O) groups excluding carboxylic acids is 1. The quantitative estimate of drug-likeness (QED) is 0.477. The topological polar surface area (TPSA) is 42.4 Å². The van der Waals surface area contributed by atoms with E-state index in [1.165, 1.54) is 11.3 Å². The second-order valence-corrected chi connectivity index (χ2v) is 7.36. The molecule has 4 aromatic rings. The number of nitrogens with zero attached hydrogens (tertiary/aromatic N) is 2. The SMILES string of the molecule is COc1ccc2cc3cc(C(=O)N(C)c4cccc(Cl)c4)sc3nc2c1. The number of hydrogen-bond donors (Lipinski definition) is 0. The van der Waals surface area contributed by atoms with E-state index < -0.39 is 0 Å². The van der Waals surface area contributed by atoms with Gasteiger partial charge in [-0.05, 0) is 42.5 Å². The summed E-state index contributed by atoms with van der Waals surface area (Å²) in [7, 11) is 3.38. The van der Waals surface area contributed by atoms with E-state index in [0.717, 1.165) is 32.6 Å². The molecule has 0 atom stereocenters. The largest absolute Gasteiger partial charge is 0.497 e. The summed E-state index contributed by atoms with van der Waals surface area (Å²) in [4.78, 5) is 20.6. The molecule has 2 heterocycles. The van der Waals surface area contributed by atoms with Crippen LogP contribution in [-0.4, -0.2) is 25.0 Å². The second kappa shape index (κ2) is 6.59. The summed E-state index contributed by atoms with van der Waals surface area (Å²) in [5.41, 5.74) is 1.60. The van der Waals surface area contributed by atoms with Gasteiger partial charge >= 0.3 is 0 Å². The molecule has 0 unspecified atom stereocenters. The molecule has 0 radical (unpaired) electrons. The van der Waals surface area contributed by atoms with Gasteiger partial charge in [0.25, 0.3) is 5.91 Å². The van der Waals surface area contributed by atoms with Crippen molar-refractivity contribution < 1.29 is 9.53 Å². The van der Waals surface area contributed by atoms with Crippen LogP contribution < -0.4 is 9.64 Å². The molecule has 2 aromatic carbocycles. The number of pyridine rings is 1. The Morgan fingerprint density at radius 3 is 2.73 bits per heavy atom. The first-order chi connectivity index (χ1) is 12.5. The number of fused-ring (bicyclic) bond motifs is 2. The summed E-state index contributed by atoms with van der Waals surface area (Å²) in [5, 5.41) is 2.56. The fraction of sp³-hybridized carbons (Fsp3) is 0.100. The normalized spacial score (nSPS) is 11.0. The Balaban J connectivity index is 1.74. The molecule has 0 aliphatic heterocycles. The zero-order chi connectivity index (χ0) is 18.3. The number of ether oxygens (including phenoxy) is 1. The number of hydrogen-bond acceptors (Lipinski definition) is 4. The molecule has 0 bridgehead atoms.